The molecule has 0 amide bonds. The minimum Gasteiger partial charge on any atom is -0.395 e. The third-order valence-electron chi connectivity index (χ3n) is 8.01. The molecule has 0 fully saturated rings. The van der Waals surface area contributed by atoms with Crippen LogP contribution in [0.5, 0.6) is 0 Å². The van der Waals surface area contributed by atoms with Gasteiger partial charge in [0.2, 0.25) is 0 Å². The zero-order valence-electron chi connectivity index (χ0n) is 27.6. The Balaban J connectivity index is 0. The lowest BCUT2D eigenvalue weighted by atomic mass is 10.0. The summed E-state index contributed by atoms with van der Waals surface area (Å²) in [6.07, 6.45) is 41.7. The largest absolute Gasteiger partial charge is 0.395 e. The van der Waals surface area contributed by atoms with E-state index in [4.69, 9.17) is 16.6 Å². The van der Waals surface area contributed by atoms with Gasteiger partial charge in [-0.3, -0.25) is 0 Å². The van der Waals surface area contributed by atoms with Gasteiger partial charge in [0.15, 0.2) is 0 Å². The van der Waals surface area contributed by atoms with Gasteiger partial charge in [0.05, 0.1) is 18.8 Å². The van der Waals surface area contributed by atoms with Gasteiger partial charge in [0.25, 0.3) is 0 Å². The topological polar surface area (TPSA) is 92.5 Å². The van der Waals surface area contributed by atoms with Crippen LogP contribution in [0.4, 0.5) is 0 Å². The highest BCUT2D eigenvalue weighted by Gasteiger charge is 2.08. The van der Waals surface area contributed by atoms with E-state index >= 15 is 0 Å². The van der Waals surface area contributed by atoms with Gasteiger partial charge in [-0.15, -0.1) is 0 Å². The van der Waals surface area contributed by atoms with Crippen LogP contribution in [0.25, 0.3) is 0 Å². The predicted molar refractivity (Wildman–Crippen MR) is 180 cm³/mol. The summed E-state index contributed by atoms with van der Waals surface area (Å²) >= 11 is 0. The van der Waals surface area contributed by atoms with E-state index in [1.54, 1.807) is 6.08 Å². The zero-order valence-corrected chi connectivity index (χ0v) is 27.6. The number of aliphatic hydroxyl groups excluding tert-OH is 2. The van der Waals surface area contributed by atoms with Gasteiger partial charge < -0.3 is 21.7 Å². The number of rotatable bonds is 31. The van der Waals surface area contributed by atoms with Crippen molar-refractivity contribution in [3.63, 3.8) is 0 Å². The monoisotopic (exact) mass is 569 g/mol. The van der Waals surface area contributed by atoms with Crippen molar-refractivity contribution in [3.8, 4) is 0 Å². The molecule has 0 aromatic carbocycles. The molecule has 242 valence electrons. The molecule has 0 saturated heterocycles. The average Bonchev–Trinajstić information content (AvgIpc) is 2.97. The first-order chi connectivity index (χ1) is 19.6. The Morgan fingerprint density at radius 1 is 0.500 bits per heavy atom. The highest BCUT2D eigenvalue weighted by Crippen LogP contribution is 2.14. The van der Waals surface area contributed by atoms with Crippen molar-refractivity contribution in [2.75, 3.05) is 13.2 Å². The highest BCUT2D eigenvalue weighted by molar-refractivity contribution is 4.93. The van der Waals surface area contributed by atoms with Crippen LogP contribution in [-0.2, 0) is 0 Å². The molecule has 0 spiro atoms. The molecule has 0 rings (SSSR count). The smallest absolute Gasteiger partial charge is 0.0894 e. The molecule has 0 unspecified atom stereocenters. The number of hydrogen-bond acceptors (Lipinski definition) is 4. The molecule has 0 aliphatic heterocycles. The molecule has 4 heteroatoms. The molecule has 0 aliphatic rings. The molecule has 6 N–H and O–H groups in total. The number of hydrogen-bond donors (Lipinski definition) is 4. The fourth-order valence-corrected chi connectivity index (χ4v) is 5.11. The second kappa shape index (κ2) is 38.6. The third kappa shape index (κ3) is 37.6. The van der Waals surface area contributed by atoms with Gasteiger partial charge in [-0.2, -0.15) is 0 Å². The molecule has 0 aromatic rings. The van der Waals surface area contributed by atoms with Gasteiger partial charge in [0.1, 0.15) is 0 Å². The van der Waals surface area contributed by atoms with Crippen molar-refractivity contribution in [2.24, 2.45) is 11.5 Å². The highest BCUT2D eigenvalue weighted by atomic mass is 16.3. The van der Waals surface area contributed by atoms with Crippen LogP contribution in [0.1, 0.15) is 194 Å². The molecular weight excluding hydrogens is 492 g/mol. The number of allylic oxidation sites excluding steroid dienone is 1. The SMILES string of the molecule is CCCCCCCCCCCCC/C=C/[C@@H](O)[C@@H](N)CO.CCCCCCCCCCCCCCCCCCN. The summed E-state index contributed by atoms with van der Waals surface area (Å²) in [7, 11) is 0. The fraction of sp³-hybridized carbons (Fsp3) is 0.944. The summed E-state index contributed by atoms with van der Waals surface area (Å²) in [4.78, 5) is 0. The van der Waals surface area contributed by atoms with Crippen LogP contribution in [0.15, 0.2) is 12.2 Å². The molecule has 0 heterocycles. The Kier molecular flexibility index (Phi) is 40.2. The first kappa shape index (κ1) is 41.7. The third-order valence-corrected chi connectivity index (χ3v) is 8.01. The van der Waals surface area contributed by atoms with Crippen molar-refractivity contribution in [3.05, 3.63) is 12.2 Å². The maximum Gasteiger partial charge on any atom is 0.0894 e. The fourth-order valence-electron chi connectivity index (χ4n) is 5.11. The van der Waals surface area contributed by atoms with Gasteiger partial charge in [-0.05, 0) is 25.8 Å². The molecule has 0 aromatic heterocycles. The summed E-state index contributed by atoms with van der Waals surface area (Å²) in [6.45, 7) is 5.25. The first-order valence-electron chi connectivity index (χ1n) is 18.0. The molecule has 2 atom stereocenters. The Morgan fingerprint density at radius 2 is 0.800 bits per heavy atom. The lowest BCUT2D eigenvalue weighted by Crippen LogP contribution is -2.36. The lowest BCUT2D eigenvalue weighted by molar-refractivity contribution is 0.144. The van der Waals surface area contributed by atoms with E-state index in [0.717, 1.165) is 13.0 Å². The Labute approximate surface area is 252 Å². The minimum absolute atomic E-state index is 0.177. The minimum atomic E-state index is -0.720. The summed E-state index contributed by atoms with van der Waals surface area (Å²) in [6, 6.07) is -0.557. The van der Waals surface area contributed by atoms with Crippen LogP contribution >= 0.6 is 0 Å². The summed E-state index contributed by atoms with van der Waals surface area (Å²) < 4.78 is 0. The van der Waals surface area contributed by atoms with Gasteiger partial charge in [-0.1, -0.05) is 187 Å². The normalized spacial score (nSPS) is 12.9. The number of aliphatic hydroxyl groups is 2. The van der Waals surface area contributed by atoms with Crippen LogP contribution in [0.2, 0.25) is 0 Å². The molecule has 4 nitrogen and oxygen atoms in total. The predicted octanol–water partition coefficient (Wildman–Crippen LogP) is 10.1. The Hall–Kier alpha value is -0.420. The summed E-state index contributed by atoms with van der Waals surface area (Å²) in [5, 5.41) is 18.3. The molecule has 0 aliphatic carbocycles. The maximum atomic E-state index is 9.52. The zero-order chi connectivity index (χ0) is 29.8. The van der Waals surface area contributed by atoms with Crippen molar-refractivity contribution in [1.29, 1.82) is 0 Å². The molecule has 40 heavy (non-hydrogen) atoms. The summed E-state index contributed by atoms with van der Waals surface area (Å²) in [5.41, 5.74) is 11.0. The quantitative estimate of drug-likeness (QED) is 0.0494. The van der Waals surface area contributed by atoms with Crippen LogP contribution in [-0.4, -0.2) is 35.5 Å². The van der Waals surface area contributed by atoms with E-state index in [9.17, 15) is 5.11 Å². The van der Waals surface area contributed by atoms with E-state index < -0.39 is 12.1 Å². The van der Waals surface area contributed by atoms with Crippen molar-refractivity contribution < 1.29 is 10.2 Å². The van der Waals surface area contributed by atoms with Crippen LogP contribution in [0.3, 0.4) is 0 Å². The van der Waals surface area contributed by atoms with Gasteiger partial charge >= 0.3 is 0 Å². The Morgan fingerprint density at radius 3 is 1.10 bits per heavy atom. The van der Waals surface area contributed by atoms with E-state index in [1.807, 2.05) is 6.08 Å². The van der Waals surface area contributed by atoms with Crippen LogP contribution < -0.4 is 11.5 Å². The lowest BCUT2D eigenvalue weighted by Gasteiger charge is -2.11. The standard InChI is InChI=1S/C18H37NO2.C18H39N/c1-2-3-4-5-6-7-8-9-10-11-12-13-14-15-18(21)17(19)16-20;1-2-3-4-5-6-7-8-9-10-11-12-13-14-15-16-17-18-19/h14-15,17-18,20-21H,2-13,16,19H2,1H3;2-19H2,1H3/b15-14+;/t17-,18+;/m0./s1. The van der Waals surface area contributed by atoms with Gasteiger partial charge in [0, 0.05) is 0 Å². The van der Waals surface area contributed by atoms with E-state index in [-0.39, 0.29) is 6.61 Å². The van der Waals surface area contributed by atoms with Crippen LogP contribution in [0, 0.1) is 0 Å². The number of unbranched alkanes of at least 4 members (excludes halogenated alkanes) is 26. The first-order valence-corrected chi connectivity index (χ1v) is 18.0. The van der Waals surface area contributed by atoms with E-state index in [1.165, 1.54) is 173 Å². The molecule has 0 bridgehead atoms. The van der Waals surface area contributed by atoms with Gasteiger partial charge in [-0.25, -0.2) is 0 Å². The second-order valence-corrected chi connectivity index (χ2v) is 12.2. The summed E-state index contributed by atoms with van der Waals surface area (Å²) in [5.74, 6) is 0. The molecular formula is C36H76N2O2. The van der Waals surface area contributed by atoms with Crippen molar-refractivity contribution >= 4 is 0 Å². The molecule has 0 saturated carbocycles. The second-order valence-electron chi connectivity index (χ2n) is 12.2. The van der Waals surface area contributed by atoms with E-state index in [0.29, 0.717) is 0 Å². The average molecular weight is 569 g/mol. The molecule has 0 radical (unpaired) electrons. The van der Waals surface area contributed by atoms with E-state index in [2.05, 4.69) is 13.8 Å². The van der Waals surface area contributed by atoms with Crippen molar-refractivity contribution in [1.82, 2.24) is 0 Å². The Bertz CT molecular complexity index is 442. The van der Waals surface area contributed by atoms with Crippen molar-refractivity contribution in [2.45, 2.75) is 206 Å². The maximum absolute atomic E-state index is 9.52. The number of nitrogens with two attached hydrogens (primary N) is 2.